The van der Waals surface area contributed by atoms with Crippen molar-refractivity contribution >= 4 is 44.6 Å². The first-order valence-electron chi connectivity index (χ1n) is 21.8. The van der Waals surface area contributed by atoms with Gasteiger partial charge in [-0.05, 0) is 101 Å². The number of rotatable bonds is 8. The average Bonchev–Trinajstić information content (AvgIpc) is 4.13. The summed E-state index contributed by atoms with van der Waals surface area (Å²) in [4.78, 5) is 62.4. The van der Waals surface area contributed by atoms with Gasteiger partial charge in [-0.15, -0.1) is 0 Å². The zero-order valence-electron chi connectivity index (χ0n) is 36.5. The standard InChI is InChI=1S/C42H54F3N5O9S.C2H6.3H2/c1-6-40(16-17-40)60(55,56)49-37(53)41-22-27(41)12-8-7-10-24(2)20-25(3)32(47-38(54)59-39(4,5)42(43,44)45)36(52)50-23-28(21-31(50)34(51)48-41)58-35-30-14-13-26-11-9-19-57-33(26)29(30)15-18-46-35;1-2;;;/h8,12-15,18,24-25,27-28,31-32H,6-7,9-11,16-17,19-23H2,1-5H3,(H,47,54)(H,48,51)(H,49,53);1-2H3;3*1H/b12-8-;;;;/t24-,25+,27+,28+,31-,32-,41+;;;;/m0..../s1. The van der Waals surface area contributed by atoms with Crippen LogP contribution in [0, 0.1) is 17.8 Å². The first-order chi connectivity index (χ1) is 29.2. The quantitative estimate of drug-likeness (QED) is 0.226. The second kappa shape index (κ2) is 17.9. The maximum Gasteiger partial charge on any atom is 0.427 e. The third kappa shape index (κ3) is 9.35. The van der Waals surface area contributed by atoms with Gasteiger partial charge in [0.05, 0.1) is 17.9 Å². The highest BCUT2D eigenvalue weighted by Crippen LogP contribution is 2.49. The van der Waals surface area contributed by atoms with Crippen molar-refractivity contribution in [3.05, 3.63) is 42.1 Å². The molecule has 0 radical (unpaired) electrons. The molecule has 5 aliphatic rings. The molecular formula is C44H66F3N5O9S. The molecule has 2 aromatic rings. The number of pyridine rings is 1. The molecule has 7 atom stereocenters. The van der Waals surface area contributed by atoms with Crippen LogP contribution in [-0.2, 0) is 35.6 Å². The van der Waals surface area contributed by atoms with E-state index in [-0.39, 0.29) is 35.5 Å². The number of aryl methyl sites for hydroxylation is 1. The minimum atomic E-state index is -4.91. The van der Waals surface area contributed by atoms with Crippen molar-refractivity contribution in [2.45, 2.75) is 153 Å². The van der Waals surface area contributed by atoms with Crippen LogP contribution in [-0.4, -0.2) is 95.5 Å². The molecule has 1 aromatic heterocycles. The van der Waals surface area contributed by atoms with Crippen molar-refractivity contribution in [3.63, 3.8) is 0 Å². The summed E-state index contributed by atoms with van der Waals surface area (Å²) in [6.45, 7) is 11.1. The molecule has 14 nitrogen and oxygen atoms in total. The number of carbonyl (C=O) groups excluding carboxylic acids is 4. The number of alkyl carbamates (subject to hydrolysis) is 1. The van der Waals surface area contributed by atoms with Gasteiger partial charge in [0, 0.05) is 33.6 Å². The summed E-state index contributed by atoms with van der Waals surface area (Å²) in [6, 6.07) is 2.88. The predicted octanol–water partition coefficient (Wildman–Crippen LogP) is 7.38. The van der Waals surface area contributed by atoms with E-state index >= 15 is 0 Å². The zero-order chi connectivity index (χ0) is 45.4. The van der Waals surface area contributed by atoms with Gasteiger partial charge in [-0.25, -0.2) is 18.2 Å². The second-order valence-electron chi connectivity index (χ2n) is 17.8. The van der Waals surface area contributed by atoms with Crippen molar-refractivity contribution in [1.82, 2.24) is 25.2 Å². The minimum Gasteiger partial charge on any atom is -0.493 e. The molecule has 2 aliphatic carbocycles. The molecule has 1 saturated heterocycles. The van der Waals surface area contributed by atoms with Crippen LogP contribution < -0.4 is 24.8 Å². The number of benzene rings is 1. The van der Waals surface area contributed by atoms with E-state index in [1.165, 1.54) is 4.90 Å². The molecule has 1 aromatic carbocycles. The topological polar surface area (TPSA) is 182 Å². The Labute approximate surface area is 366 Å². The fraction of sp³-hybridized carbons (Fsp3) is 0.659. The summed E-state index contributed by atoms with van der Waals surface area (Å²) in [5.74, 6) is -2.68. The van der Waals surface area contributed by atoms with Gasteiger partial charge in [0.2, 0.25) is 33.3 Å². The van der Waals surface area contributed by atoms with Gasteiger partial charge in [0.1, 0.15) is 29.5 Å². The number of sulfonamides is 1. The number of aromatic nitrogens is 1. The molecule has 18 heteroatoms. The number of halogens is 3. The number of amides is 4. The number of hydrogen-bond acceptors (Lipinski definition) is 10. The molecule has 7 rings (SSSR count). The number of carbonyl (C=O) groups is 4. The molecular weight excluding hydrogens is 832 g/mol. The Morgan fingerprint density at radius 2 is 1.82 bits per heavy atom. The molecule has 0 bridgehead atoms. The van der Waals surface area contributed by atoms with E-state index in [4.69, 9.17) is 14.2 Å². The largest absolute Gasteiger partial charge is 0.493 e. The number of nitrogens with one attached hydrogen (secondary N) is 3. The van der Waals surface area contributed by atoms with Crippen molar-refractivity contribution in [2.24, 2.45) is 17.8 Å². The third-order valence-corrected chi connectivity index (χ3v) is 15.3. The van der Waals surface area contributed by atoms with E-state index in [0.717, 1.165) is 29.5 Å². The smallest absolute Gasteiger partial charge is 0.427 e. The lowest BCUT2D eigenvalue weighted by Gasteiger charge is -2.34. The van der Waals surface area contributed by atoms with Crippen molar-refractivity contribution in [3.8, 4) is 11.6 Å². The van der Waals surface area contributed by atoms with Crippen LogP contribution in [0.5, 0.6) is 11.6 Å². The SMILES string of the molecule is CC.CCC1(S(=O)(=O)NC(=O)[C@@]23C[C@H]2/C=C\CC[C@H](C)C[C@@H](C)[C@H](NC(=O)OC(C)(C)C(F)(F)F)C(=O)N2C[C@H](Oc4nccc5c6c(ccc45)CCCO6)C[C@H]2C(=O)N3)CC1.[HH].[HH].[HH]. The highest BCUT2D eigenvalue weighted by molar-refractivity contribution is 7.91. The fourth-order valence-electron chi connectivity index (χ4n) is 8.84. The normalized spacial score (nSPS) is 29.0. The number of nitrogens with zero attached hydrogens (tertiary/aromatic N) is 2. The molecule has 0 unspecified atom stereocenters. The van der Waals surface area contributed by atoms with Crippen molar-refractivity contribution < 1.29 is 59.3 Å². The maximum atomic E-state index is 14.8. The van der Waals surface area contributed by atoms with Gasteiger partial charge in [-0.1, -0.05) is 52.8 Å². The van der Waals surface area contributed by atoms with Crippen molar-refractivity contribution in [1.29, 1.82) is 0 Å². The molecule has 0 spiro atoms. The summed E-state index contributed by atoms with van der Waals surface area (Å²) < 4.78 is 86.7. The lowest BCUT2D eigenvalue weighted by Crippen LogP contribution is -2.60. The molecule has 4 amide bonds. The maximum absolute atomic E-state index is 14.8. The van der Waals surface area contributed by atoms with E-state index in [1.54, 1.807) is 26.1 Å². The third-order valence-electron chi connectivity index (χ3n) is 13.0. The highest BCUT2D eigenvalue weighted by Gasteiger charge is 2.63. The average molecular weight is 898 g/mol. The molecule has 348 valence electrons. The summed E-state index contributed by atoms with van der Waals surface area (Å²) in [5, 5.41) is 6.65. The lowest BCUT2D eigenvalue weighted by molar-refractivity contribution is -0.244. The lowest BCUT2D eigenvalue weighted by atomic mass is 9.88. The summed E-state index contributed by atoms with van der Waals surface area (Å²) in [6.07, 6.45) is 2.40. The summed E-state index contributed by atoms with van der Waals surface area (Å²) >= 11 is 0. The Kier molecular flexibility index (Phi) is 13.5. The van der Waals surface area contributed by atoms with Crippen LogP contribution in [0.3, 0.4) is 0 Å². The molecule has 62 heavy (non-hydrogen) atoms. The van der Waals surface area contributed by atoms with Gasteiger partial charge in [-0.3, -0.25) is 19.1 Å². The number of fused-ring (bicyclic) bond motifs is 5. The van der Waals surface area contributed by atoms with Crippen LogP contribution in [0.2, 0.25) is 0 Å². The summed E-state index contributed by atoms with van der Waals surface area (Å²) in [5.41, 5.74) is -3.48. The Morgan fingerprint density at radius 3 is 2.50 bits per heavy atom. The number of hydrogen-bond donors (Lipinski definition) is 3. The first kappa shape index (κ1) is 46.9. The molecule has 3 N–H and O–H groups in total. The zero-order valence-corrected chi connectivity index (χ0v) is 37.3. The van der Waals surface area contributed by atoms with E-state index < -0.39 is 85.9 Å². The van der Waals surface area contributed by atoms with Crippen LogP contribution in [0.25, 0.3) is 10.8 Å². The van der Waals surface area contributed by atoms with Crippen LogP contribution in [0.1, 0.15) is 116 Å². The van der Waals surface area contributed by atoms with E-state index in [1.807, 2.05) is 45.0 Å². The van der Waals surface area contributed by atoms with Gasteiger partial charge in [-0.2, -0.15) is 13.2 Å². The van der Waals surface area contributed by atoms with Crippen molar-refractivity contribution in [2.75, 3.05) is 13.2 Å². The number of alkyl halides is 3. The Bertz CT molecular complexity index is 2200. The number of allylic oxidation sites excluding steroid dienone is 1. The van der Waals surface area contributed by atoms with E-state index in [0.29, 0.717) is 64.4 Å². The fourth-order valence-corrected chi connectivity index (χ4v) is 10.5. The molecule has 3 fully saturated rings. The first-order valence-corrected chi connectivity index (χ1v) is 23.3. The molecule has 4 heterocycles. The van der Waals surface area contributed by atoms with Gasteiger partial charge in [0.25, 0.3) is 5.91 Å². The van der Waals surface area contributed by atoms with E-state index in [2.05, 4.69) is 20.3 Å². The van der Waals surface area contributed by atoms with Crippen LogP contribution in [0.15, 0.2) is 36.5 Å². The highest BCUT2D eigenvalue weighted by atomic mass is 32.2. The van der Waals surface area contributed by atoms with Gasteiger partial charge >= 0.3 is 12.3 Å². The minimum absolute atomic E-state index is 0. The molecule has 3 aliphatic heterocycles. The Balaban J connectivity index is 0.00000221. The second-order valence-corrected chi connectivity index (χ2v) is 19.9. The molecule has 2 saturated carbocycles. The van der Waals surface area contributed by atoms with Crippen LogP contribution >= 0.6 is 0 Å². The predicted molar refractivity (Wildman–Crippen MR) is 231 cm³/mol. The Morgan fingerprint density at radius 1 is 1.10 bits per heavy atom. The van der Waals surface area contributed by atoms with Gasteiger partial charge in [0.15, 0.2) is 0 Å². The monoisotopic (exact) mass is 897 g/mol. The Hall–Kier alpha value is -4.61. The van der Waals surface area contributed by atoms with E-state index in [9.17, 15) is 40.8 Å². The van der Waals surface area contributed by atoms with Gasteiger partial charge < -0.3 is 29.7 Å². The summed E-state index contributed by atoms with van der Waals surface area (Å²) in [7, 11) is -4.09. The number of ether oxygens (including phenoxy) is 3. The van der Waals surface area contributed by atoms with Crippen LogP contribution in [0.4, 0.5) is 18.0 Å².